The van der Waals surface area contributed by atoms with Gasteiger partial charge in [-0.2, -0.15) is 0 Å². The van der Waals surface area contributed by atoms with Gasteiger partial charge in [-0.25, -0.2) is 10.8 Å². The molecule has 0 N–H and O–H groups in total. The SMILES string of the molecule is CC(C)c1ccc2c(c1)C(=O)C1C=CC=CC1=S2[O-]. The molecule has 2 nitrogen and oxygen atoms in total. The summed E-state index contributed by atoms with van der Waals surface area (Å²) in [4.78, 5) is 13.9. The van der Waals surface area contributed by atoms with Crippen molar-refractivity contribution in [2.45, 2.75) is 24.7 Å². The predicted octanol–water partition coefficient (Wildman–Crippen LogP) is 3.68. The van der Waals surface area contributed by atoms with Gasteiger partial charge in [0.1, 0.15) is 0 Å². The zero-order valence-corrected chi connectivity index (χ0v) is 11.7. The van der Waals surface area contributed by atoms with Crippen molar-refractivity contribution in [2.24, 2.45) is 5.92 Å². The molecule has 0 fully saturated rings. The molecular weight excluding hydrogens is 256 g/mol. The van der Waals surface area contributed by atoms with Crippen LogP contribution in [0, 0.1) is 5.92 Å². The van der Waals surface area contributed by atoms with Gasteiger partial charge in [0.2, 0.25) is 0 Å². The minimum absolute atomic E-state index is 0.0627. The third-order valence-electron chi connectivity index (χ3n) is 3.61. The summed E-state index contributed by atoms with van der Waals surface area (Å²) >= 11 is 0. The van der Waals surface area contributed by atoms with Crippen LogP contribution >= 0.6 is 10.8 Å². The Morgan fingerprint density at radius 3 is 2.79 bits per heavy atom. The maximum Gasteiger partial charge on any atom is 0.175 e. The van der Waals surface area contributed by atoms with Crippen LogP contribution in [0.25, 0.3) is 0 Å². The molecule has 0 spiro atoms. The highest BCUT2D eigenvalue weighted by atomic mass is 32.2. The molecule has 98 valence electrons. The number of benzene rings is 1. The van der Waals surface area contributed by atoms with Crippen molar-refractivity contribution in [3.05, 3.63) is 53.6 Å². The smallest absolute Gasteiger partial charge is 0.175 e. The maximum atomic E-state index is 12.5. The van der Waals surface area contributed by atoms with E-state index in [1.165, 1.54) is 0 Å². The van der Waals surface area contributed by atoms with Crippen molar-refractivity contribution in [3.8, 4) is 0 Å². The zero-order chi connectivity index (χ0) is 13.6. The van der Waals surface area contributed by atoms with Gasteiger partial charge in [0, 0.05) is 5.56 Å². The Bertz CT molecular complexity index is 651. The number of Topliss-reactive ketones (excluding diaryl/α,β-unsaturated/α-hetero) is 1. The number of hydrogen-bond donors (Lipinski definition) is 0. The van der Waals surface area contributed by atoms with Crippen LogP contribution in [-0.2, 0) is 0 Å². The topological polar surface area (TPSA) is 40.1 Å². The van der Waals surface area contributed by atoms with Crippen LogP contribution < -0.4 is 0 Å². The van der Waals surface area contributed by atoms with E-state index in [9.17, 15) is 9.35 Å². The quantitative estimate of drug-likeness (QED) is 0.731. The first-order valence-corrected chi connectivity index (χ1v) is 7.56. The molecule has 3 heteroatoms. The molecule has 1 aliphatic heterocycles. The van der Waals surface area contributed by atoms with Crippen molar-refractivity contribution < 1.29 is 9.35 Å². The van der Waals surface area contributed by atoms with Gasteiger partial charge >= 0.3 is 0 Å². The Kier molecular flexibility index (Phi) is 3.03. The lowest BCUT2D eigenvalue weighted by molar-refractivity contribution is 0.0969. The van der Waals surface area contributed by atoms with Crippen LogP contribution in [0.15, 0.2) is 47.4 Å². The van der Waals surface area contributed by atoms with Gasteiger partial charge in [0.15, 0.2) is 5.78 Å². The molecule has 19 heavy (non-hydrogen) atoms. The average molecular weight is 271 g/mol. The predicted molar refractivity (Wildman–Crippen MR) is 78.3 cm³/mol. The lowest BCUT2D eigenvalue weighted by Crippen LogP contribution is -2.27. The zero-order valence-electron chi connectivity index (χ0n) is 10.9. The fourth-order valence-corrected chi connectivity index (χ4v) is 3.90. The van der Waals surface area contributed by atoms with Crippen LogP contribution in [0.4, 0.5) is 0 Å². The highest BCUT2D eigenvalue weighted by molar-refractivity contribution is 8.11. The number of rotatable bonds is 1. The molecule has 1 heterocycles. The Morgan fingerprint density at radius 2 is 2.05 bits per heavy atom. The summed E-state index contributed by atoms with van der Waals surface area (Å²) in [7, 11) is -1.22. The van der Waals surface area contributed by atoms with Gasteiger partial charge in [-0.1, -0.05) is 44.2 Å². The Balaban J connectivity index is 2.22. The molecule has 0 aromatic heterocycles. The molecule has 0 saturated carbocycles. The standard InChI is InChI=1S/C16H15O2S/c1-10(2)11-7-8-15-13(9-11)16(17)12-5-3-4-6-14(12)19(15)18/h3-10,12H,1-2H3/q-1. The van der Waals surface area contributed by atoms with Crippen LogP contribution in [0.2, 0.25) is 0 Å². The van der Waals surface area contributed by atoms with Gasteiger partial charge in [-0.15, -0.1) is 0 Å². The Labute approximate surface area is 115 Å². The number of hydrogen-bond acceptors (Lipinski definition) is 2. The van der Waals surface area contributed by atoms with E-state index in [2.05, 4.69) is 13.8 Å². The second-order valence-corrected chi connectivity index (χ2v) is 6.62. The molecule has 3 rings (SSSR count). The van der Waals surface area contributed by atoms with Crippen LogP contribution in [-0.4, -0.2) is 15.2 Å². The molecule has 2 aliphatic rings. The molecule has 0 bridgehead atoms. The molecule has 1 aliphatic carbocycles. The van der Waals surface area contributed by atoms with E-state index in [1.54, 1.807) is 6.08 Å². The molecule has 0 radical (unpaired) electrons. The molecular formula is C16H15O2S-. The van der Waals surface area contributed by atoms with Gasteiger partial charge in [-0.05, 0) is 33.4 Å². The minimum atomic E-state index is -1.22. The third-order valence-corrected chi connectivity index (χ3v) is 5.19. The number of carbonyl (C=O) groups is 1. The Morgan fingerprint density at radius 1 is 1.26 bits per heavy atom. The summed E-state index contributed by atoms with van der Waals surface area (Å²) in [6, 6.07) is 5.72. The van der Waals surface area contributed by atoms with Gasteiger partial charge in [0.25, 0.3) is 0 Å². The lowest BCUT2D eigenvalue weighted by Gasteiger charge is -2.32. The molecule has 1 aromatic rings. The van der Waals surface area contributed by atoms with Crippen LogP contribution in [0.1, 0.15) is 35.7 Å². The summed E-state index contributed by atoms with van der Waals surface area (Å²) < 4.78 is 12.5. The maximum absolute atomic E-state index is 12.5. The highest BCUT2D eigenvalue weighted by Crippen LogP contribution is 2.39. The molecule has 0 saturated heterocycles. The number of ketones is 1. The summed E-state index contributed by atoms with van der Waals surface area (Å²) in [6.45, 7) is 4.18. The molecule has 0 amide bonds. The van der Waals surface area contributed by atoms with Gasteiger partial charge in [-0.3, -0.25) is 4.79 Å². The summed E-state index contributed by atoms with van der Waals surface area (Å²) in [5, 5.41) is 0. The van der Waals surface area contributed by atoms with Crippen LogP contribution in [0.3, 0.4) is 0 Å². The molecule has 2 unspecified atom stereocenters. The van der Waals surface area contributed by atoms with Crippen molar-refractivity contribution in [1.29, 1.82) is 0 Å². The molecule has 1 aromatic carbocycles. The summed E-state index contributed by atoms with van der Waals surface area (Å²) in [5.41, 5.74) is 1.74. The lowest BCUT2D eigenvalue weighted by atomic mass is 9.89. The van der Waals surface area contributed by atoms with Gasteiger partial charge in [0.05, 0.1) is 5.92 Å². The van der Waals surface area contributed by atoms with Crippen molar-refractivity contribution in [2.75, 3.05) is 0 Å². The third kappa shape index (κ3) is 1.94. The first-order valence-electron chi connectivity index (χ1n) is 6.41. The van der Waals surface area contributed by atoms with Crippen molar-refractivity contribution >= 4 is 21.4 Å². The summed E-state index contributed by atoms with van der Waals surface area (Å²) in [5.74, 6) is 0.0761. The molecule has 2 atom stereocenters. The number of fused-ring (bicyclic) bond motifs is 2. The number of allylic oxidation sites excluding steroid dienone is 4. The monoisotopic (exact) mass is 271 g/mol. The van der Waals surface area contributed by atoms with E-state index in [-0.39, 0.29) is 11.7 Å². The van der Waals surface area contributed by atoms with Crippen molar-refractivity contribution in [3.63, 3.8) is 0 Å². The van der Waals surface area contributed by atoms with Crippen LogP contribution in [0.5, 0.6) is 0 Å². The largest absolute Gasteiger partial charge is 0.799 e. The Hall–Kier alpha value is -1.45. The van der Waals surface area contributed by atoms with E-state index in [0.29, 0.717) is 21.2 Å². The fraction of sp³-hybridized carbons (Fsp3) is 0.250. The minimum Gasteiger partial charge on any atom is -0.799 e. The first kappa shape index (κ1) is 12.6. The van der Waals surface area contributed by atoms with E-state index < -0.39 is 10.8 Å². The van der Waals surface area contributed by atoms with E-state index >= 15 is 0 Å². The summed E-state index contributed by atoms with van der Waals surface area (Å²) in [6.07, 6.45) is 7.32. The second-order valence-electron chi connectivity index (χ2n) is 5.17. The van der Waals surface area contributed by atoms with E-state index in [0.717, 1.165) is 5.56 Å². The van der Waals surface area contributed by atoms with Gasteiger partial charge < -0.3 is 4.55 Å². The normalized spacial score (nSPS) is 24.6. The van der Waals surface area contributed by atoms with Crippen molar-refractivity contribution in [1.82, 2.24) is 0 Å². The first-order chi connectivity index (χ1) is 9.09. The van der Waals surface area contributed by atoms with E-state index in [4.69, 9.17) is 0 Å². The highest BCUT2D eigenvalue weighted by Gasteiger charge is 2.29. The van der Waals surface area contributed by atoms with E-state index in [1.807, 2.05) is 36.4 Å². The fourth-order valence-electron chi connectivity index (χ4n) is 2.47. The average Bonchev–Trinajstić information content (AvgIpc) is 2.44. The number of carbonyl (C=O) groups excluding carboxylic acids is 1. The second kappa shape index (κ2) is 4.58.